The van der Waals surface area contributed by atoms with Gasteiger partial charge < -0.3 is 5.73 Å². The van der Waals surface area contributed by atoms with Crippen molar-refractivity contribution in [3.05, 3.63) is 76.2 Å². The van der Waals surface area contributed by atoms with Gasteiger partial charge in [-0.15, -0.1) is 5.92 Å². The van der Waals surface area contributed by atoms with Gasteiger partial charge in [-0.25, -0.2) is 0 Å². The van der Waals surface area contributed by atoms with Crippen LogP contribution in [0, 0.1) is 11.8 Å². The molecule has 0 spiro atoms. The topological polar surface area (TPSA) is 48.0 Å². The monoisotopic (exact) mass is 302 g/mol. The minimum absolute atomic E-state index is 0.0839. The molecule has 3 rings (SSSR count). The third-order valence-electron chi connectivity index (χ3n) is 3.82. The molecule has 0 bridgehead atoms. The SMILES string of the molecule is CC#Cc1cccc2cc([C@H](C)N)n(-c3ccccc3)c(=O)c12. The third-order valence-corrected chi connectivity index (χ3v) is 3.82. The lowest BCUT2D eigenvalue weighted by atomic mass is 10.0. The number of benzene rings is 2. The summed E-state index contributed by atoms with van der Waals surface area (Å²) < 4.78 is 1.69. The van der Waals surface area contributed by atoms with E-state index in [4.69, 9.17) is 5.73 Å². The molecule has 0 aliphatic rings. The maximum atomic E-state index is 13.2. The fraction of sp³-hybridized carbons (Fsp3) is 0.150. The van der Waals surface area contributed by atoms with Crippen molar-refractivity contribution in [1.82, 2.24) is 4.57 Å². The highest BCUT2D eigenvalue weighted by atomic mass is 16.1. The Balaban J connectivity index is 2.48. The van der Waals surface area contributed by atoms with E-state index in [1.165, 1.54) is 0 Å². The molecule has 3 aromatic rings. The summed E-state index contributed by atoms with van der Waals surface area (Å²) in [6, 6.07) is 17.0. The van der Waals surface area contributed by atoms with Crippen LogP contribution in [0.5, 0.6) is 0 Å². The number of rotatable bonds is 2. The van der Waals surface area contributed by atoms with Crippen LogP contribution >= 0.6 is 0 Å². The largest absolute Gasteiger partial charge is 0.323 e. The molecule has 2 N–H and O–H groups in total. The van der Waals surface area contributed by atoms with Gasteiger partial charge in [-0.2, -0.15) is 0 Å². The third kappa shape index (κ3) is 2.65. The second-order valence-electron chi connectivity index (χ2n) is 5.48. The second kappa shape index (κ2) is 6.12. The Kier molecular flexibility index (Phi) is 4.01. The van der Waals surface area contributed by atoms with Gasteiger partial charge >= 0.3 is 0 Å². The Bertz CT molecular complexity index is 973. The van der Waals surface area contributed by atoms with E-state index >= 15 is 0 Å². The number of para-hydroxylation sites is 1. The first-order valence-corrected chi connectivity index (χ1v) is 7.56. The van der Waals surface area contributed by atoms with E-state index in [0.29, 0.717) is 5.39 Å². The Morgan fingerprint density at radius 1 is 1.09 bits per heavy atom. The zero-order valence-electron chi connectivity index (χ0n) is 13.2. The van der Waals surface area contributed by atoms with Gasteiger partial charge in [0.2, 0.25) is 0 Å². The smallest absolute Gasteiger partial charge is 0.264 e. The van der Waals surface area contributed by atoms with Crippen LogP contribution < -0.4 is 11.3 Å². The molecule has 0 fully saturated rings. The van der Waals surface area contributed by atoms with E-state index in [2.05, 4.69) is 11.8 Å². The highest BCUT2D eigenvalue weighted by Crippen LogP contribution is 2.21. The summed E-state index contributed by atoms with van der Waals surface area (Å²) >= 11 is 0. The van der Waals surface area contributed by atoms with E-state index in [1.807, 2.05) is 61.5 Å². The fourth-order valence-corrected chi connectivity index (χ4v) is 2.80. The van der Waals surface area contributed by atoms with Gasteiger partial charge in [0, 0.05) is 23.0 Å². The summed E-state index contributed by atoms with van der Waals surface area (Å²) in [7, 11) is 0. The summed E-state index contributed by atoms with van der Waals surface area (Å²) in [6.07, 6.45) is 0. The van der Waals surface area contributed by atoms with Crippen molar-refractivity contribution in [1.29, 1.82) is 0 Å². The molecule has 23 heavy (non-hydrogen) atoms. The lowest BCUT2D eigenvalue weighted by Crippen LogP contribution is -2.26. The first-order valence-electron chi connectivity index (χ1n) is 7.56. The normalized spacial score (nSPS) is 11.8. The van der Waals surface area contributed by atoms with Gasteiger partial charge in [-0.05, 0) is 43.5 Å². The van der Waals surface area contributed by atoms with Gasteiger partial charge in [0.1, 0.15) is 0 Å². The minimum atomic E-state index is -0.256. The predicted molar refractivity (Wildman–Crippen MR) is 94.7 cm³/mol. The number of aromatic nitrogens is 1. The molecule has 0 unspecified atom stereocenters. The molecular formula is C20H18N2O. The van der Waals surface area contributed by atoms with Crippen molar-refractivity contribution in [2.24, 2.45) is 5.73 Å². The summed E-state index contributed by atoms with van der Waals surface area (Å²) in [5.41, 5.74) is 8.38. The van der Waals surface area contributed by atoms with Crippen LogP contribution in [-0.4, -0.2) is 4.57 Å². The summed E-state index contributed by atoms with van der Waals surface area (Å²) in [4.78, 5) is 13.2. The zero-order valence-corrected chi connectivity index (χ0v) is 13.2. The number of pyridine rings is 1. The van der Waals surface area contributed by atoms with E-state index in [0.717, 1.165) is 22.3 Å². The van der Waals surface area contributed by atoms with Crippen LogP contribution in [-0.2, 0) is 0 Å². The van der Waals surface area contributed by atoms with E-state index < -0.39 is 0 Å². The number of nitrogens with zero attached hydrogens (tertiary/aromatic N) is 1. The Morgan fingerprint density at radius 2 is 1.83 bits per heavy atom. The van der Waals surface area contributed by atoms with Gasteiger partial charge in [0.05, 0.1) is 5.39 Å². The lowest BCUT2D eigenvalue weighted by molar-refractivity contribution is 0.734. The zero-order chi connectivity index (χ0) is 16.4. The summed E-state index contributed by atoms with van der Waals surface area (Å²) in [6.45, 7) is 3.65. The first kappa shape index (κ1) is 15.1. The van der Waals surface area contributed by atoms with Crippen LogP contribution in [0.1, 0.15) is 31.1 Å². The molecule has 0 amide bonds. The van der Waals surface area contributed by atoms with E-state index in [1.54, 1.807) is 11.5 Å². The Morgan fingerprint density at radius 3 is 2.48 bits per heavy atom. The van der Waals surface area contributed by atoms with Crippen LogP contribution in [0.25, 0.3) is 16.5 Å². The molecule has 2 aromatic carbocycles. The second-order valence-corrected chi connectivity index (χ2v) is 5.48. The molecule has 114 valence electrons. The molecule has 0 aliphatic carbocycles. The number of nitrogens with two attached hydrogens (primary N) is 1. The van der Waals surface area contributed by atoms with Crippen molar-refractivity contribution in [3.8, 4) is 17.5 Å². The van der Waals surface area contributed by atoms with Crippen LogP contribution in [0.2, 0.25) is 0 Å². The van der Waals surface area contributed by atoms with Gasteiger partial charge in [-0.3, -0.25) is 9.36 Å². The maximum absolute atomic E-state index is 13.2. The standard InChI is InChI=1S/C20H18N2O/c1-3-8-15-9-7-10-16-13-18(14(2)21)22(20(23)19(15)16)17-11-5-4-6-12-17/h4-7,9-14H,21H2,1-2H3/t14-/m0/s1. The first-order chi connectivity index (χ1) is 11.1. The van der Waals surface area contributed by atoms with E-state index in [9.17, 15) is 4.79 Å². The van der Waals surface area contributed by atoms with Gasteiger partial charge in [0.15, 0.2) is 0 Å². The number of hydrogen-bond donors (Lipinski definition) is 1. The molecule has 1 aromatic heterocycles. The molecule has 1 atom stereocenters. The molecule has 3 nitrogen and oxygen atoms in total. The van der Waals surface area contributed by atoms with Crippen molar-refractivity contribution < 1.29 is 0 Å². The molecule has 0 saturated carbocycles. The van der Waals surface area contributed by atoms with E-state index in [-0.39, 0.29) is 11.6 Å². The Labute approximate surface area is 135 Å². The highest BCUT2D eigenvalue weighted by molar-refractivity contribution is 5.88. The lowest BCUT2D eigenvalue weighted by Gasteiger charge is -2.17. The maximum Gasteiger partial charge on any atom is 0.264 e. The van der Waals surface area contributed by atoms with Crippen molar-refractivity contribution in [2.75, 3.05) is 0 Å². The van der Waals surface area contributed by atoms with Crippen molar-refractivity contribution in [2.45, 2.75) is 19.9 Å². The van der Waals surface area contributed by atoms with Crippen LogP contribution in [0.4, 0.5) is 0 Å². The number of hydrogen-bond acceptors (Lipinski definition) is 2. The number of fused-ring (bicyclic) bond motifs is 1. The van der Waals surface area contributed by atoms with Crippen LogP contribution in [0.15, 0.2) is 59.4 Å². The van der Waals surface area contributed by atoms with Crippen molar-refractivity contribution >= 4 is 10.8 Å². The molecule has 1 heterocycles. The Hall–Kier alpha value is -2.83. The fourth-order valence-electron chi connectivity index (χ4n) is 2.80. The molecule has 0 radical (unpaired) electrons. The molecule has 0 saturated heterocycles. The van der Waals surface area contributed by atoms with Crippen LogP contribution in [0.3, 0.4) is 0 Å². The van der Waals surface area contributed by atoms with Gasteiger partial charge in [-0.1, -0.05) is 36.3 Å². The summed E-state index contributed by atoms with van der Waals surface area (Å²) in [5.74, 6) is 5.90. The molecule has 3 heteroatoms. The van der Waals surface area contributed by atoms with Gasteiger partial charge in [0.25, 0.3) is 5.56 Å². The minimum Gasteiger partial charge on any atom is -0.323 e. The highest BCUT2D eigenvalue weighted by Gasteiger charge is 2.15. The quantitative estimate of drug-likeness (QED) is 0.738. The average Bonchev–Trinajstić information content (AvgIpc) is 2.55. The summed E-state index contributed by atoms with van der Waals surface area (Å²) in [5, 5.41) is 1.50. The molecular weight excluding hydrogens is 284 g/mol. The van der Waals surface area contributed by atoms with Crippen molar-refractivity contribution in [3.63, 3.8) is 0 Å². The predicted octanol–water partition coefficient (Wildman–Crippen LogP) is 3.38. The molecule has 0 aliphatic heterocycles. The average molecular weight is 302 g/mol.